The van der Waals surface area contributed by atoms with Crippen molar-refractivity contribution in [3.63, 3.8) is 0 Å². The SMILES string of the molecule is COc1cnccc1C(=O)N1CCCC(C2CCCN2)C1. The Bertz CT molecular complexity index is 500. The molecule has 5 heteroatoms. The summed E-state index contributed by atoms with van der Waals surface area (Å²) in [6.45, 7) is 2.81. The molecule has 1 N–H and O–H groups in total. The van der Waals surface area contributed by atoms with Gasteiger partial charge < -0.3 is 15.0 Å². The van der Waals surface area contributed by atoms with E-state index >= 15 is 0 Å². The van der Waals surface area contributed by atoms with Crippen LogP contribution >= 0.6 is 0 Å². The van der Waals surface area contributed by atoms with E-state index in [2.05, 4.69) is 10.3 Å². The maximum atomic E-state index is 12.7. The van der Waals surface area contributed by atoms with Crippen LogP contribution in [0.1, 0.15) is 36.0 Å². The van der Waals surface area contributed by atoms with Gasteiger partial charge in [-0.15, -0.1) is 0 Å². The number of nitrogens with zero attached hydrogens (tertiary/aromatic N) is 2. The van der Waals surface area contributed by atoms with E-state index in [9.17, 15) is 4.79 Å². The smallest absolute Gasteiger partial charge is 0.257 e. The Morgan fingerprint density at radius 1 is 1.43 bits per heavy atom. The molecule has 0 spiro atoms. The molecule has 0 aliphatic carbocycles. The summed E-state index contributed by atoms with van der Waals surface area (Å²) < 4.78 is 5.26. The van der Waals surface area contributed by atoms with Crippen LogP contribution < -0.4 is 10.1 Å². The van der Waals surface area contributed by atoms with Crippen LogP contribution in [0, 0.1) is 5.92 Å². The number of ether oxygens (including phenoxy) is 1. The van der Waals surface area contributed by atoms with Crippen molar-refractivity contribution in [2.24, 2.45) is 5.92 Å². The molecule has 1 aromatic rings. The number of likely N-dealkylation sites (tertiary alicyclic amines) is 1. The molecule has 1 aromatic heterocycles. The first-order chi connectivity index (χ1) is 10.3. The number of amides is 1. The lowest BCUT2D eigenvalue weighted by Gasteiger charge is -2.36. The van der Waals surface area contributed by atoms with Crippen molar-refractivity contribution in [2.45, 2.75) is 31.7 Å². The van der Waals surface area contributed by atoms with E-state index in [1.54, 1.807) is 25.6 Å². The predicted octanol–water partition coefficient (Wildman–Crippen LogP) is 1.69. The summed E-state index contributed by atoms with van der Waals surface area (Å²) >= 11 is 0. The molecule has 0 bridgehead atoms. The Labute approximate surface area is 125 Å². The molecular formula is C16H23N3O2. The van der Waals surface area contributed by atoms with Crippen molar-refractivity contribution >= 4 is 5.91 Å². The van der Waals surface area contributed by atoms with E-state index in [0.29, 0.717) is 23.3 Å². The number of carbonyl (C=O) groups is 1. The van der Waals surface area contributed by atoms with Gasteiger partial charge in [-0.1, -0.05) is 0 Å². The van der Waals surface area contributed by atoms with Gasteiger partial charge in [-0.3, -0.25) is 9.78 Å². The first-order valence-corrected chi connectivity index (χ1v) is 7.80. The molecule has 0 radical (unpaired) electrons. The standard InChI is InChI=1S/C16H23N3O2/c1-21-15-10-17-8-6-13(15)16(20)19-9-3-4-12(11-19)14-5-2-7-18-14/h6,8,10,12,14,18H,2-5,7,9,11H2,1H3. The Balaban J connectivity index is 1.71. The third kappa shape index (κ3) is 3.02. The average Bonchev–Trinajstić information content (AvgIpc) is 3.09. The first kappa shape index (κ1) is 14.3. The van der Waals surface area contributed by atoms with Crippen LogP contribution in [0.5, 0.6) is 5.75 Å². The van der Waals surface area contributed by atoms with Crippen LogP contribution in [0.25, 0.3) is 0 Å². The van der Waals surface area contributed by atoms with Gasteiger partial charge in [0.25, 0.3) is 5.91 Å². The normalized spacial score (nSPS) is 25.9. The molecule has 114 valence electrons. The number of nitrogens with one attached hydrogen (secondary N) is 1. The summed E-state index contributed by atoms with van der Waals surface area (Å²) in [5.41, 5.74) is 0.618. The predicted molar refractivity (Wildman–Crippen MR) is 80.4 cm³/mol. The average molecular weight is 289 g/mol. The van der Waals surface area contributed by atoms with Crippen molar-refractivity contribution < 1.29 is 9.53 Å². The molecule has 5 nitrogen and oxygen atoms in total. The number of hydrogen-bond donors (Lipinski definition) is 1. The summed E-state index contributed by atoms with van der Waals surface area (Å²) in [7, 11) is 1.58. The molecule has 2 saturated heterocycles. The third-order valence-electron chi connectivity index (χ3n) is 4.65. The molecule has 2 aliphatic rings. The van der Waals surface area contributed by atoms with Gasteiger partial charge in [0.15, 0.2) is 0 Å². The van der Waals surface area contributed by atoms with Gasteiger partial charge >= 0.3 is 0 Å². The molecule has 3 heterocycles. The molecule has 2 unspecified atom stereocenters. The number of hydrogen-bond acceptors (Lipinski definition) is 4. The lowest BCUT2D eigenvalue weighted by atomic mass is 9.89. The van der Waals surface area contributed by atoms with E-state index in [1.807, 2.05) is 4.90 Å². The molecule has 3 rings (SSSR count). The number of carbonyl (C=O) groups excluding carboxylic acids is 1. The second-order valence-electron chi connectivity index (χ2n) is 5.93. The number of aromatic nitrogens is 1. The zero-order chi connectivity index (χ0) is 14.7. The van der Waals surface area contributed by atoms with Crippen LogP contribution in [0.15, 0.2) is 18.5 Å². The van der Waals surface area contributed by atoms with Gasteiger partial charge in [-0.25, -0.2) is 0 Å². The number of piperidine rings is 1. The quantitative estimate of drug-likeness (QED) is 0.920. The van der Waals surface area contributed by atoms with E-state index < -0.39 is 0 Å². The van der Waals surface area contributed by atoms with Crippen LogP contribution in [0.3, 0.4) is 0 Å². The van der Waals surface area contributed by atoms with Crippen molar-refractivity contribution in [2.75, 3.05) is 26.7 Å². The molecule has 0 saturated carbocycles. The van der Waals surface area contributed by atoms with Gasteiger partial charge in [-0.05, 0) is 44.2 Å². The van der Waals surface area contributed by atoms with Gasteiger partial charge in [-0.2, -0.15) is 0 Å². The monoisotopic (exact) mass is 289 g/mol. The summed E-state index contributed by atoms with van der Waals surface area (Å²) in [4.78, 5) is 18.7. The zero-order valence-electron chi connectivity index (χ0n) is 12.5. The third-order valence-corrected chi connectivity index (χ3v) is 4.65. The summed E-state index contributed by atoms with van der Waals surface area (Å²) in [6, 6.07) is 2.33. The first-order valence-electron chi connectivity index (χ1n) is 7.80. The number of rotatable bonds is 3. The largest absolute Gasteiger partial charge is 0.494 e. The Kier molecular flexibility index (Phi) is 4.39. The molecule has 1 amide bonds. The van der Waals surface area contributed by atoms with E-state index in [0.717, 1.165) is 26.1 Å². The summed E-state index contributed by atoms with van der Waals surface area (Å²) in [5, 5.41) is 3.58. The lowest BCUT2D eigenvalue weighted by molar-refractivity contribution is 0.0647. The van der Waals surface area contributed by atoms with Crippen molar-refractivity contribution in [1.82, 2.24) is 15.2 Å². The van der Waals surface area contributed by atoms with E-state index in [-0.39, 0.29) is 5.91 Å². The van der Waals surface area contributed by atoms with Gasteiger partial charge in [0.2, 0.25) is 0 Å². The van der Waals surface area contributed by atoms with Gasteiger partial charge in [0, 0.05) is 25.3 Å². The minimum Gasteiger partial charge on any atom is -0.494 e. The minimum atomic E-state index is 0.0666. The highest BCUT2D eigenvalue weighted by molar-refractivity contribution is 5.96. The fourth-order valence-corrected chi connectivity index (χ4v) is 3.53. The molecular weight excluding hydrogens is 266 g/mol. The second kappa shape index (κ2) is 6.43. The molecule has 2 fully saturated rings. The molecule has 2 aliphatic heterocycles. The highest BCUT2D eigenvalue weighted by atomic mass is 16.5. The van der Waals surface area contributed by atoms with Crippen LogP contribution in [0.2, 0.25) is 0 Å². The molecule has 2 atom stereocenters. The Hall–Kier alpha value is -1.62. The topological polar surface area (TPSA) is 54.5 Å². The Morgan fingerprint density at radius 3 is 3.10 bits per heavy atom. The van der Waals surface area contributed by atoms with Crippen molar-refractivity contribution in [3.8, 4) is 5.75 Å². The fraction of sp³-hybridized carbons (Fsp3) is 0.625. The van der Waals surface area contributed by atoms with Crippen LogP contribution in [-0.2, 0) is 0 Å². The van der Waals surface area contributed by atoms with Crippen LogP contribution in [-0.4, -0.2) is 48.6 Å². The second-order valence-corrected chi connectivity index (χ2v) is 5.93. The van der Waals surface area contributed by atoms with Gasteiger partial charge in [0.05, 0.1) is 18.9 Å². The van der Waals surface area contributed by atoms with E-state index in [4.69, 9.17) is 4.74 Å². The van der Waals surface area contributed by atoms with E-state index in [1.165, 1.54) is 19.3 Å². The highest BCUT2D eigenvalue weighted by Gasteiger charge is 2.31. The fourth-order valence-electron chi connectivity index (χ4n) is 3.53. The van der Waals surface area contributed by atoms with Crippen molar-refractivity contribution in [3.05, 3.63) is 24.0 Å². The summed E-state index contributed by atoms with van der Waals surface area (Å²) in [5.74, 6) is 1.21. The highest BCUT2D eigenvalue weighted by Crippen LogP contribution is 2.27. The van der Waals surface area contributed by atoms with Crippen LogP contribution in [0.4, 0.5) is 0 Å². The summed E-state index contributed by atoms with van der Waals surface area (Å²) in [6.07, 6.45) is 8.05. The van der Waals surface area contributed by atoms with Gasteiger partial charge in [0.1, 0.15) is 5.75 Å². The lowest BCUT2D eigenvalue weighted by Crippen LogP contribution is -2.45. The minimum absolute atomic E-state index is 0.0666. The Morgan fingerprint density at radius 2 is 2.33 bits per heavy atom. The number of pyridine rings is 1. The maximum Gasteiger partial charge on any atom is 0.257 e. The molecule has 21 heavy (non-hydrogen) atoms. The molecule has 0 aromatic carbocycles. The maximum absolute atomic E-state index is 12.7. The zero-order valence-corrected chi connectivity index (χ0v) is 12.5. The van der Waals surface area contributed by atoms with Crippen molar-refractivity contribution in [1.29, 1.82) is 0 Å². The number of methoxy groups -OCH3 is 1.